The lowest BCUT2D eigenvalue weighted by Crippen LogP contribution is -2.49. The van der Waals surface area contributed by atoms with Gasteiger partial charge in [0.05, 0.1) is 54.9 Å². The van der Waals surface area contributed by atoms with Gasteiger partial charge >= 0.3 is 12.2 Å². The second-order valence-electron chi connectivity index (χ2n) is 15.2. The number of methoxy groups -OCH3 is 2. The number of H-pyrrole nitrogens is 2. The van der Waals surface area contributed by atoms with Crippen LogP contribution < -0.4 is 10.6 Å². The Hall–Kier alpha value is -6.51. The monoisotopic (exact) mass is 796 g/mol. The average molecular weight is 797 g/mol. The van der Waals surface area contributed by atoms with Gasteiger partial charge in [0.15, 0.2) is 0 Å². The molecule has 2 aromatic heterocycles. The van der Waals surface area contributed by atoms with Crippen LogP contribution in [0.3, 0.4) is 0 Å². The fourth-order valence-electron chi connectivity index (χ4n) is 8.36. The Kier molecular flexibility index (Phi) is 10.9. The zero-order valence-corrected chi connectivity index (χ0v) is 33.5. The number of aliphatic hydroxyl groups is 1. The van der Waals surface area contributed by atoms with Crippen LogP contribution in [0.1, 0.15) is 56.4 Å². The van der Waals surface area contributed by atoms with Gasteiger partial charge in [0, 0.05) is 23.9 Å². The summed E-state index contributed by atoms with van der Waals surface area (Å²) in [6.45, 7) is 5.64. The number of fused-ring (bicyclic) bond motifs is 6. The standard InChI is InChI=1S/C45H48N8O6/c1-5-21-52(37(54)25-46-43(56)58-3)26-36-47-34-18-14-30-23-28(12-16-32(30)39(34)49-36)29-13-17-33-31(24-29)15-19-35-40(33)50-42(48-35)45(2)20-9-22-53(45)41(55)38(51-44(57)59-4)27-10-7-6-8-11-27/h6-8,10-19,23-24,37-38,54H,5,9,20-22,25-26H2,1-4H3,(H,46,56)(H,47,49)(H,48,50)(H,51,57)/t37?,38-,45+/m1/s1. The topological polar surface area (TPSA) is 178 Å². The molecule has 3 atom stereocenters. The highest BCUT2D eigenvalue weighted by atomic mass is 16.5. The molecule has 5 N–H and O–H groups in total. The van der Waals surface area contributed by atoms with E-state index in [1.807, 2.05) is 66.1 Å². The highest BCUT2D eigenvalue weighted by molar-refractivity contribution is 6.07. The van der Waals surface area contributed by atoms with E-state index < -0.39 is 30.0 Å². The highest BCUT2D eigenvalue weighted by Crippen LogP contribution is 2.41. The number of carbonyl (C=O) groups excluding carboxylic acids is 3. The zero-order valence-electron chi connectivity index (χ0n) is 33.5. The number of aromatic amines is 2. The van der Waals surface area contributed by atoms with Gasteiger partial charge < -0.3 is 40.1 Å². The van der Waals surface area contributed by atoms with Crippen LogP contribution in [0.5, 0.6) is 0 Å². The van der Waals surface area contributed by atoms with Gasteiger partial charge in [-0.15, -0.1) is 0 Å². The normalized spacial score (nSPS) is 16.5. The summed E-state index contributed by atoms with van der Waals surface area (Å²) in [4.78, 5) is 58.9. The number of nitrogens with one attached hydrogen (secondary N) is 4. The van der Waals surface area contributed by atoms with Gasteiger partial charge in [-0.3, -0.25) is 9.69 Å². The summed E-state index contributed by atoms with van der Waals surface area (Å²) in [5, 5.41) is 20.2. The molecule has 0 aliphatic carbocycles. The average Bonchev–Trinajstić information content (AvgIpc) is 4.01. The lowest BCUT2D eigenvalue weighted by atomic mass is 9.96. The molecule has 0 saturated carbocycles. The van der Waals surface area contributed by atoms with E-state index in [0.717, 1.165) is 73.4 Å². The van der Waals surface area contributed by atoms with Crippen molar-refractivity contribution in [2.24, 2.45) is 0 Å². The molecule has 3 amide bonds. The minimum atomic E-state index is -0.909. The molecule has 1 unspecified atom stereocenters. The van der Waals surface area contributed by atoms with Crippen molar-refractivity contribution in [2.45, 2.75) is 57.5 Å². The molecule has 0 spiro atoms. The molecule has 14 heteroatoms. The van der Waals surface area contributed by atoms with E-state index in [1.165, 1.54) is 14.2 Å². The third-order valence-electron chi connectivity index (χ3n) is 11.5. The second-order valence-corrected chi connectivity index (χ2v) is 15.2. The summed E-state index contributed by atoms with van der Waals surface area (Å²) in [6.07, 6.45) is 0.158. The lowest BCUT2D eigenvalue weighted by Gasteiger charge is -2.36. The minimum Gasteiger partial charge on any atom is -0.453 e. The number of rotatable bonds is 12. The van der Waals surface area contributed by atoms with Crippen LogP contribution in [0.15, 0.2) is 91.0 Å². The van der Waals surface area contributed by atoms with Crippen LogP contribution in [0.4, 0.5) is 9.59 Å². The minimum absolute atomic E-state index is 0.0379. The number of amides is 3. The van der Waals surface area contributed by atoms with Crippen LogP contribution in [0.25, 0.3) is 54.7 Å². The Morgan fingerprint density at radius 1 is 0.864 bits per heavy atom. The van der Waals surface area contributed by atoms with Crippen molar-refractivity contribution in [3.63, 3.8) is 0 Å². The molecule has 304 valence electrons. The van der Waals surface area contributed by atoms with Gasteiger partial charge in [-0.05, 0) is 77.9 Å². The molecule has 14 nitrogen and oxygen atoms in total. The largest absolute Gasteiger partial charge is 0.453 e. The first-order valence-corrected chi connectivity index (χ1v) is 19.9. The van der Waals surface area contributed by atoms with Crippen molar-refractivity contribution >= 4 is 61.7 Å². The number of imidazole rings is 2. The first-order chi connectivity index (χ1) is 28.6. The Morgan fingerprint density at radius 3 is 2.15 bits per heavy atom. The molecule has 8 rings (SSSR count). The van der Waals surface area contributed by atoms with Crippen LogP contribution in [0, 0.1) is 0 Å². The Balaban J connectivity index is 1.05. The van der Waals surface area contributed by atoms with E-state index in [9.17, 15) is 19.5 Å². The maximum Gasteiger partial charge on any atom is 0.407 e. The predicted octanol–water partition coefficient (Wildman–Crippen LogP) is 7.23. The maximum atomic E-state index is 14.2. The van der Waals surface area contributed by atoms with Gasteiger partial charge in [-0.25, -0.2) is 19.6 Å². The van der Waals surface area contributed by atoms with E-state index >= 15 is 0 Å². The number of hydrogen-bond acceptors (Lipinski definition) is 9. The maximum absolute atomic E-state index is 14.2. The Labute approximate surface area is 340 Å². The van der Waals surface area contributed by atoms with Gasteiger partial charge in [0.2, 0.25) is 0 Å². The van der Waals surface area contributed by atoms with Gasteiger partial charge in [-0.1, -0.05) is 73.7 Å². The van der Waals surface area contributed by atoms with Crippen LogP contribution in [-0.4, -0.2) is 93.0 Å². The van der Waals surface area contributed by atoms with Crippen molar-refractivity contribution < 1.29 is 29.0 Å². The number of alkyl carbamates (subject to hydrolysis) is 2. The SMILES string of the molecule is CCCN(Cc1nc2c(ccc3cc(-c4ccc5c(ccc6[nH]c([C@]7(C)CCCN7C(=O)[C@H](NC(=O)OC)c7ccccc7)nc65)c4)ccc32)[nH]1)C(O)CNC(=O)OC. The molecule has 59 heavy (non-hydrogen) atoms. The van der Waals surface area contributed by atoms with Crippen LogP contribution >= 0.6 is 0 Å². The summed E-state index contributed by atoms with van der Waals surface area (Å²) in [7, 11) is 2.58. The molecule has 0 bridgehead atoms. The van der Waals surface area contributed by atoms with Gasteiger partial charge in [0.25, 0.3) is 5.91 Å². The molecule has 1 saturated heterocycles. The van der Waals surface area contributed by atoms with Gasteiger partial charge in [0.1, 0.15) is 23.9 Å². The molecular weight excluding hydrogens is 749 g/mol. The fraction of sp³-hybridized carbons (Fsp3) is 0.311. The van der Waals surface area contributed by atoms with E-state index in [2.05, 4.69) is 73.9 Å². The van der Waals surface area contributed by atoms with E-state index in [1.54, 1.807) is 0 Å². The van der Waals surface area contributed by atoms with E-state index in [-0.39, 0.29) is 12.5 Å². The first kappa shape index (κ1) is 39.3. The molecule has 1 aliphatic heterocycles. The van der Waals surface area contributed by atoms with Crippen molar-refractivity contribution in [3.8, 4) is 11.1 Å². The summed E-state index contributed by atoms with van der Waals surface area (Å²) < 4.78 is 9.52. The summed E-state index contributed by atoms with van der Waals surface area (Å²) in [5.74, 6) is 1.20. The molecule has 1 aliphatic rings. The highest BCUT2D eigenvalue weighted by Gasteiger charge is 2.46. The number of ether oxygens (including phenoxy) is 2. The first-order valence-electron chi connectivity index (χ1n) is 19.9. The quantitative estimate of drug-likeness (QED) is 0.0798. The Bertz CT molecular complexity index is 2680. The number of carbonyl (C=O) groups is 3. The third-order valence-corrected chi connectivity index (χ3v) is 11.5. The van der Waals surface area contributed by atoms with Crippen molar-refractivity contribution in [1.82, 2.24) is 40.4 Å². The molecule has 5 aromatic carbocycles. The van der Waals surface area contributed by atoms with Crippen molar-refractivity contribution in [3.05, 3.63) is 108 Å². The van der Waals surface area contributed by atoms with Crippen LogP contribution in [0.2, 0.25) is 0 Å². The number of likely N-dealkylation sites (tertiary alicyclic amines) is 1. The number of aliphatic hydroxyl groups excluding tert-OH is 1. The molecule has 0 radical (unpaired) electrons. The summed E-state index contributed by atoms with van der Waals surface area (Å²) >= 11 is 0. The van der Waals surface area contributed by atoms with Crippen LogP contribution in [-0.2, 0) is 26.4 Å². The third kappa shape index (κ3) is 7.64. The van der Waals surface area contributed by atoms with E-state index in [0.29, 0.717) is 37.4 Å². The second kappa shape index (κ2) is 16.4. The number of nitrogens with zero attached hydrogens (tertiary/aromatic N) is 4. The molecule has 3 heterocycles. The number of hydrogen-bond donors (Lipinski definition) is 5. The van der Waals surface area contributed by atoms with E-state index in [4.69, 9.17) is 14.7 Å². The molecule has 7 aromatic rings. The lowest BCUT2D eigenvalue weighted by molar-refractivity contribution is -0.137. The molecule has 1 fully saturated rings. The summed E-state index contributed by atoms with van der Waals surface area (Å²) in [6, 6.07) is 29.3. The smallest absolute Gasteiger partial charge is 0.407 e. The van der Waals surface area contributed by atoms with Crippen molar-refractivity contribution in [2.75, 3.05) is 33.9 Å². The predicted molar refractivity (Wildman–Crippen MR) is 226 cm³/mol. The fourth-order valence-corrected chi connectivity index (χ4v) is 8.36. The number of aromatic nitrogens is 4. The van der Waals surface area contributed by atoms with Gasteiger partial charge in [-0.2, -0.15) is 0 Å². The zero-order chi connectivity index (χ0) is 41.3. The Morgan fingerprint density at radius 2 is 1.51 bits per heavy atom. The summed E-state index contributed by atoms with van der Waals surface area (Å²) in [5.41, 5.74) is 5.54. The van der Waals surface area contributed by atoms with Crippen molar-refractivity contribution in [1.29, 1.82) is 0 Å². The number of benzene rings is 5. The molecular formula is C45H48N8O6.